The van der Waals surface area contributed by atoms with Crippen LogP contribution in [0.5, 0.6) is 0 Å². The highest BCUT2D eigenvalue weighted by atomic mass is 16.6. The highest BCUT2D eigenvalue weighted by Gasteiger charge is 2.28. The summed E-state index contributed by atoms with van der Waals surface area (Å²) in [6.45, 7) is 2.14. The van der Waals surface area contributed by atoms with Crippen LogP contribution in [-0.4, -0.2) is 22.4 Å². The Bertz CT molecular complexity index is 698. The molecule has 0 atom stereocenters. The fourth-order valence-corrected chi connectivity index (χ4v) is 2.45. The van der Waals surface area contributed by atoms with Crippen LogP contribution < -0.4 is 10.9 Å². The first-order valence-corrected chi connectivity index (χ1v) is 7.24. The lowest BCUT2D eigenvalue weighted by molar-refractivity contribution is 0.0311. The van der Waals surface area contributed by atoms with E-state index in [1.54, 1.807) is 18.2 Å². The van der Waals surface area contributed by atoms with E-state index in [-0.39, 0.29) is 11.7 Å². The van der Waals surface area contributed by atoms with Gasteiger partial charge in [0.1, 0.15) is 6.10 Å². The maximum Gasteiger partial charge on any atom is 0.411 e. The molecule has 0 unspecified atom stereocenters. The van der Waals surface area contributed by atoms with Crippen LogP contribution in [0.4, 0.5) is 10.5 Å². The molecule has 3 rings (SSSR count). The van der Waals surface area contributed by atoms with E-state index in [1.165, 1.54) is 6.07 Å². The molecule has 0 bridgehead atoms. The lowest BCUT2D eigenvalue weighted by Crippen LogP contribution is -2.33. The second-order valence-electron chi connectivity index (χ2n) is 5.61. The van der Waals surface area contributed by atoms with E-state index in [2.05, 4.69) is 22.4 Å². The number of aromatic amines is 1. The lowest BCUT2D eigenvalue weighted by Gasteiger charge is -2.31. The van der Waals surface area contributed by atoms with Gasteiger partial charge < -0.3 is 4.74 Å². The van der Waals surface area contributed by atoms with Crippen LogP contribution in [0.1, 0.15) is 19.8 Å². The third-order valence-electron chi connectivity index (χ3n) is 3.71. The molecule has 0 saturated heterocycles. The number of benzene rings is 1. The quantitative estimate of drug-likeness (QED) is 0.912. The highest BCUT2D eigenvalue weighted by molar-refractivity contribution is 5.85. The molecule has 2 aromatic rings. The molecule has 6 nitrogen and oxygen atoms in total. The van der Waals surface area contributed by atoms with Crippen molar-refractivity contribution in [1.82, 2.24) is 10.2 Å². The number of hydrogen-bond acceptors (Lipinski definition) is 4. The van der Waals surface area contributed by atoms with Crippen LogP contribution in [0, 0.1) is 5.92 Å². The second-order valence-corrected chi connectivity index (χ2v) is 5.61. The average Bonchev–Trinajstić information content (AvgIpc) is 2.47. The zero-order chi connectivity index (χ0) is 15.5. The SMILES string of the molecule is CC1CC(OC(=O)Nc2ccc(-c3ccc(=O)[nH]n3)cc2)C1. The summed E-state index contributed by atoms with van der Waals surface area (Å²) in [4.78, 5) is 22.7. The predicted molar refractivity (Wildman–Crippen MR) is 82.6 cm³/mol. The van der Waals surface area contributed by atoms with Crippen molar-refractivity contribution in [3.8, 4) is 11.3 Å². The number of aromatic nitrogens is 2. The van der Waals surface area contributed by atoms with E-state index < -0.39 is 6.09 Å². The van der Waals surface area contributed by atoms with Gasteiger partial charge in [-0.2, -0.15) is 5.10 Å². The fraction of sp³-hybridized carbons (Fsp3) is 0.312. The number of nitrogens with zero attached hydrogens (tertiary/aromatic N) is 1. The average molecular weight is 299 g/mol. The third kappa shape index (κ3) is 3.33. The van der Waals surface area contributed by atoms with Crippen LogP contribution in [0.15, 0.2) is 41.2 Å². The molecule has 1 aromatic carbocycles. The Morgan fingerprint density at radius 1 is 1.23 bits per heavy atom. The molecule has 0 radical (unpaired) electrons. The molecule has 22 heavy (non-hydrogen) atoms. The Morgan fingerprint density at radius 2 is 1.95 bits per heavy atom. The molecular weight excluding hydrogens is 282 g/mol. The van der Waals surface area contributed by atoms with E-state index in [0.717, 1.165) is 18.4 Å². The number of carbonyl (C=O) groups excluding carboxylic acids is 1. The molecule has 1 fully saturated rings. The first-order chi connectivity index (χ1) is 10.6. The van der Waals surface area contributed by atoms with Gasteiger partial charge in [-0.15, -0.1) is 0 Å². The van der Waals surface area contributed by atoms with Crippen LogP contribution in [0.2, 0.25) is 0 Å². The van der Waals surface area contributed by atoms with Crippen LogP contribution in [-0.2, 0) is 4.74 Å². The van der Waals surface area contributed by atoms with E-state index in [4.69, 9.17) is 4.74 Å². The van der Waals surface area contributed by atoms with Gasteiger partial charge in [0, 0.05) is 17.3 Å². The zero-order valence-corrected chi connectivity index (χ0v) is 12.2. The molecule has 0 aliphatic heterocycles. The maximum absolute atomic E-state index is 11.7. The van der Waals surface area contributed by atoms with Gasteiger partial charge in [-0.1, -0.05) is 19.1 Å². The Balaban J connectivity index is 1.60. The number of rotatable bonds is 3. The normalized spacial score (nSPS) is 20.0. The van der Waals surface area contributed by atoms with Crippen molar-refractivity contribution in [3.63, 3.8) is 0 Å². The molecule has 1 amide bonds. The summed E-state index contributed by atoms with van der Waals surface area (Å²) in [5.41, 5.74) is 1.93. The van der Waals surface area contributed by atoms with Gasteiger partial charge in [-0.25, -0.2) is 9.89 Å². The first kappa shape index (κ1) is 14.3. The minimum Gasteiger partial charge on any atom is -0.446 e. The van der Waals surface area contributed by atoms with Crippen molar-refractivity contribution >= 4 is 11.8 Å². The van der Waals surface area contributed by atoms with Gasteiger partial charge in [-0.05, 0) is 37.0 Å². The molecular formula is C16H17N3O3. The van der Waals surface area contributed by atoms with Gasteiger partial charge in [0.05, 0.1) is 5.69 Å². The summed E-state index contributed by atoms with van der Waals surface area (Å²) in [5.74, 6) is 0.641. The maximum atomic E-state index is 11.7. The van der Waals surface area contributed by atoms with Crippen molar-refractivity contribution in [3.05, 3.63) is 46.8 Å². The van der Waals surface area contributed by atoms with Crippen molar-refractivity contribution < 1.29 is 9.53 Å². The Morgan fingerprint density at radius 3 is 2.55 bits per heavy atom. The van der Waals surface area contributed by atoms with Crippen LogP contribution >= 0.6 is 0 Å². The molecule has 6 heteroatoms. The Hall–Kier alpha value is -2.63. The van der Waals surface area contributed by atoms with Crippen molar-refractivity contribution in [2.75, 3.05) is 5.32 Å². The summed E-state index contributed by atoms with van der Waals surface area (Å²) >= 11 is 0. The molecule has 1 saturated carbocycles. The largest absolute Gasteiger partial charge is 0.446 e. The summed E-state index contributed by atoms with van der Waals surface area (Å²) in [6.07, 6.45) is 1.49. The monoisotopic (exact) mass is 299 g/mol. The lowest BCUT2D eigenvalue weighted by atomic mass is 9.84. The smallest absolute Gasteiger partial charge is 0.411 e. The fourth-order valence-electron chi connectivity index (χ4n) is 2.45. The predicted octanol–water partition coefficient (Wildman–Crippen LogP) is 2.78. The zero-order valence-electron chi connectivity index (χ0n) is 12.2. The van der Waals surface area contributed by atoms with E-state index in [1.807, 2.05) is 12.1 Å². The number of amides is 1. The topological polar surface area (TPSA) is 84.1 Å². The summed E-state index contributed by atoms with van der Waals surface area (Å²) in [7, 11) is 0. The minimum atomic E-state index is -0.424. The van der Waals surface area contributed by atoms with Crippen LogP contribution in [0.3, 0.4) is 0 Å². The third-order valence-corrected chi connectivity index (χ3v) is 3.71. The molecule has 114 valence electrons. The number of carbonyl (C=O) groups is 1. The van der Waals surface area contributed by atoms with E-state index in [0.29, 0.717) is 17.3 Å². The standard InChI is InChI=1S/C16H17N3O3/c1-10-8-13(9-10)22-16(21)17-12-4-2-11(3-5-12)14-6-7-15(20)19-18-14/h2-7,10,13H,8-9H2,1H3,(H,17,21)(H,19,20). The molecule has 1 aliphatic carbocycles. The summed E-state index contributed by atoms with van der Waals surface area (Å²) in [5, 5.41) is 9.05. The van der Waals surface area contributed by atoms with Crippen molar-refractivity contribution in [1.29, 1.82) is 0 Å². The van der Waals surface area contributed by atoms with Crippen molar-refractivity contribution in [2.45, 2.75) is 25.9 Å². The summed E-state index contributed by atoms with van der Waals surface area (Å²) < 4.78 is 5.29. The van der Waals surface area contributed by atoms with Crippen LogP contribution in [0.25, 0.3) is 11.3 Å². The molecule has 1 aliphatic rings. The first-order valence-electron chi connectivity index (χ1n) is 7.24. The number of nitrogens with one attached hydrogen (secondary N) is 2. The minimum absolute atomic E-state index is 0.0413. The van der Waals surface area contributed by atoms with Gasteiger partial charge in [0.15, 0.2) is 0 Å². The van der Waals surface area contributed by atoms with Crippen molar-refractivity contribution in [2.24, 2.45) is 5.92 Å². The number of hydrogen-bond donors (Lipinski definition) is 2. The number of H-pyrrole nitrogens is 1. The van der Waals surface area contributed by atoms with E-state index in [9.17, 15) is 9.59 Å². The molecule has 2 N–H and O–H groups in total. The van der Waals surface area contributed by atoms with Gasteiger partial charge in [-0.3, -0.25) is 10.1 Å². The second kappa shape index (κ2) is 6.01. The van der Waals surface area contributed by atoms with E-state index >= 15 is 0 Å². The summed E-state index contributed by atoms with van der Waals surface area (Å²) in [6, 6.07) is 10.3. The van der Waals surface area contributed by atoms with Gasteiger partial charge >= 0.3 is 6.09 Å². The Kier molecular flexibility index (Phi) is 3.91. The van der Waals surface area contributed by atoms with Gasteiger partial charge in [0.25, 0.3) is 5.56 Å². The molecule has 1 aromatic heterocycles. The van der Waals surface area contributed by atoms with Gasteiger partial charge in [0.2, 0.25) is 0 Å². The highest BCUT2D eigenvalue weighted by Crippen LogP contribution is 2.29. The number of ether oxygens (including phenoxy) is 1. The molecule has 0 spiro atoms. The molecule has 1 heterocycles. The Labute approximate surface area is 127 Å². The number of anilines is 1.